The molecule has 1 rings (SSSR count). The van der Waals surface area contributed by atoms with E-state index in [1.807, 2.05) is 39.8 Å². The summed E-state index contributed by atoms with van der Waals surface area (Å²) in [5, 5.41) is 0.603. The van der Waals surface area contributed by atoms with Gasteiger partial charge < -0.3 is 4.55 Å². The molecule has 1 aromatic carbocycles. The molecule has 0 aliphatic heterocycles. The maximum atomic E-state index is 11.9. The third kappa shape index (κ3) is 4.28. The number of halogens is 2. The van der Waals surface area contributed by atoms with Gasteiger partial charge in [-0.05, 0) is 39.8 Å². The molecule has 1 aromatic rings. The summed E-state index contributed by atoms with van der Waals surface area (Å²) in [6, 6.07) is 5.56. The van der Waals surface area contributed by atoms with E-state index in [2.05, 4.69) is 20.3 Å². The first-order valence-electron chi connectivity index (χ1n) is 5.14. The highest BCUT2D eigenvalue weighted by Crippen LogP contribution is 2.24. The molecule has 0 amide bonds. The fraction of sp³-hybridized carbons (Fsp3) is 0.417. The number of hydrogen-bond donors (Lipinski definition) is 0. The first-order valence-corrected chi connectivity index (χ1v) is 7.42. The third-order valence-electron chi connectivity index (χ3n) is 2.06. The first kappa shape index (κ1) is 15.0. The highest BCUT2D eigenvalue weighted by molar-refractivity contribution is 9.10. The van der Waals surface area contributed by atoms with Crippen molar-refractivity contribution in [3.05, 3.63) is 33.3 Å². The highest BCUT2D eigenvalue weighted by atomic mass is 79.9. The van der Waals surface area contributed by atoms with Crippen molar-refractivity contribution in [1.82, 2.24) is 0 Å². The molecule has 5 heteroatoms. The molecule has 17 heavy (non-hydrogen) atoms. The zero-order chi connectivity index (χ0) is 13.2. The predicted octanol–water partition coefficient (Wildman–Crippen LogP) is 4.37. The van der Waals surface area contributed by atoms with Gasteiger partial charge in [0.05, 0.1) is 10.7 Å². The summed E-state index contributed by atoms with van der Waals surface area (Å²) >= 11 is 8.19. The SMILES string of the molecule is C/C(=N\[S@@+]([O-])C(C)(C)C)c1ccc(Br)cc1Cl. The van der Waals surface area contributed by atoms with E-state index in [0.29, 0.717) is 10.7 Å². The minimum Gasteiger partial charge on any atom is -0.591 e. The Labute approximate surface area is 119 Å². The van der Waals surface area contributed by atoms with E-state index in [1.165, 1.54) is 0 Å². The van der Waals surface area contributed by atoms with Crippen molar-refractivity contribution >= 4 is 44.6 Å². The molecular formula is C12H15BrClNOS. The fourth-order valence-electron chi connectivity index (χ4n) is 1.09. The largest absolute Gasteiger partial charge is 0.591 e. The van der Waals surface area contributed by atoms with Crippen LogP contribution in [0.4, 0.5) is 0 Å². The Bertz CT molecular complexity index is 443. The number of hydrogen-bond acceptors (Lipinski definition) is 2. The average molecular weight is 337 g/mol. The van der Waals surface area contributed by atoms with Crippen molar-refractivity contribution in [3.8, 4) is 0 Å². The number of benzene rings is 1. The average Bonchev–Trinajstić information content (AvgIpc) is 2.15. The summed E-state index contributed by atoms with van der Waals surface area (Å²) in [4.78, 5) is 0. The summed E-state index contributed by atoms with van der Waals surface area (Å²) in [7, 11) is 0. The Morgan fingerprint density at radius 2 is 2.00 bits per heavy atom. The van der Waals surface area contributed by atoms with E-state index in [-0.39, 0.29) is 4.75 Å². The van der Waals surface area contributed by atoms with Crippen LogP contribution in [0.15, 0.2) is 27.1 Å². The van der Waals surface area contributed by atoms with Gasteiger partial charge in [-0.2, -0.15) is 0 Å². The summed E-state index contributed by atoms with van der Waals surface area (Å²) < 4.78 is 16.7. The van der Waals surface area contributed by atoms with Crippen LogP contribution in [0, 0.1) is 0 Å². The molecular weight excluding hydrogens is 322 g/mol. The summed E-state index contributed by atoms with van der Waals surface area (Å²) in [6.45, 7) is 7.49. The maximum Gasteiger partial charge on any atom is 0.144 e. The maximum absolute atomic E-state index is 11.9. The van der Waals surface area contributed by atoms with Crippen molar-refractivity contribution in [3.63, 3.8) is 0 Å². The zero-order valence-electron chi connectivity index (χ0n) is 10.3. The number of rotatable bonds is 2. The molecule has 0 bridgehead atoms. The Morgan fingerprint density at radius 1 is 1.41 bits per heavy atom. The molecule has 1 atom stereocenters. The van der Waals surface area contributed by atoms with Crippen molar-refractivity contribution < 1.29 is 4.55 Å². The number of nitrogens with zero attached hydrogens (tertiary/aromatic N) is 1. The zero-order valence-corrected chi connectivity index (χ0v) is 13.4. The third-order valence-corrected chi connectivity index (χ3v) is 4.36. The van der Waals surface area contributed by atoms with E-state index in [4.69, 9.17) is 11.6 Å². The summed E-state index contributed by atoms with van der Waals surface area (Å²) in [5.41, 5.74) is 1.50. The molecule has 2 nitrogen and oxygen atoms in total. The Balaban J connectivity index is 3.04. The van der Waals surface area contributed by atoms with E-state index < -0.39 is 11.4 Å². The molecule has 0 heterocycles. The van der Waals surface area contributed by atoms with Crippen LogP contribution >= 0.6 is 27.5 Å². The Kier molecular flexibility index (Phi) is 5.07. The second-order valence-electron chi connectivity index (χ2n) is 4.66. The topological polar surface area (TPSA) is 35.4 Å². The van der Waals surface area contributed by atoms with Crippen LogP contribution in [0.5, 0.6) is 0 Å². The lowest BCUT2D eigenvalue weighted by Gasteiger charge is -2.19. The molecule has 0 N–H and O–H groups in total. The van der Waals surface area contributed by atoms with Gasteiger partial charge in [-0.25, -0.2) is 0 Å². The highest BCUT2D eigenvalue weighted by Gasteiger charge is 2.27. The smallest absolute Gasteiger partial charge is 0.144 e. The first-order chi connectivity index (χ1) is 7.71. The van der Waals surface area contributed by atoms with E-state index in [9.17, 15) is 4.55 Å². The van der Waals surface area contributed by atoms with Gasteiger partial charge in [0.1, 0.15) is 16.1 Å². The molecule has 0 aliphatic rings. The quantitative estimate of drug-likeness (QED) is 0.583. The van der Waals surface area contributed by atoms with Crippen molar-refractivity contribution in [1.29, 1.82) is 0 Å². The molecule has 94 valence electrons. The summed E-state index contributed by atoms with van der Waals surface area (Å²) in [5.74, 6) is 0. The van der Waals surface area contributed by atoms with E-state index in [0.717, 1.165) is 10.0 Å². The second kappa shape index (κ2) is 5.74. The van der Waals surface area contributed by atoms with Gasteiger partial charge in [-0.15, -0.1) is 0 Å². The van der Waals surface area contributed by atoms with Crippen LogP contribution in [0.1, 0.15) is 33.3 Å². The van der Waals surface area contributed by atoms with Crippen LogP contribution in [-0.4, -0.2) is 15.0 Å². The van der Waals surface area contributed by atoms with E-state index in [1.54, 1.807) is 6.07 Å². The Morgan fingerprint density at radius 3 is 2.47 bits per heavy atom. The van der Waals surface area contributed by atoms with Gasteiger partial charge in [0, 0.05) is 10.0 Å². The van der Waals surface area contributed by atoms with Gasteiger partial charge in [0.15, 0.2) is 0 Å². The van der Waals surface area contributed by atoms with Crippen LogP contribution in [0.25, 0.3) is 0 Å². The van der Waals surface area contributed by atoms with Crippen molar-refractivity contribution in [2.24, 2.45) is 4.40 Å². The molecule has 0 unspecified atom stereocenters. The van der Waals surface area contributed by atoms with Gasteiger partial charge in [0.25, 0.3) is 0 Å². The van der Waals surface area contributed by atoms with Crippen LogP contribution in [0.2, 0.25) is 5.02 Å². The lowest BCUT2D eigenvalue weighted by Crippen LogP contribution is -2.26. The molecule has 0 saturated heterocycles. The van der Waals surface area contributed by atoms with Gasteiger partial charge in [-0.1, -0.05) is 38.0 Å². The second-order valence-corrected chi connectivity index (χ2v) is 7.89. The minimum atomic E-state index is -1.26. The van der Waals surface area contributed by atoms with Crippen molar-refractivity contribution in [2.75, 3.05) is 0 Å². The molecule has 0 aromatic heterocycles. The van der Waals surface area contributed by atoms with Crippen molar-refractivity contribution in [2.45, 2.75) is 32.4 Å². The molecule has 0 aliphatic carbocycles. The summed E-state index contributed by atoms with van der Waals surface area (Å²) in [6.07, 6.45) is 0. The molecule has 0 spiro atoms. The van der Waals surface area contributed by atoms with Crippen LogP contribution < -0.4 is 0 Å². The Hall–Kier alpha value is -0.0300. The molecule has 0 fully saturated rings. The minimum absolute atomic E-state index is 0.358. The van der Waals surface area contributed by atoms with Gasteiger partial charge in [-0.3, -0.25) is 0 Å². The predicted molar refractivity (Wildman–Crippen MR) is 79.3 cm³/mol. The van der Waals surface area contributed by atoms with Crippen LogP contribution in [0.3, 0.4) is 0 Å². The van der Waals surface area contributed by atoms with Crippen LogP contribution in [-0.2, 0) is 11.4 Å². The van der Waals surface area contributed by atoms with E-state index >= 15 is 0 Å². The van der Waals surface area contributed by atoms with Gasteiger partial charge in [0.2, 0.25) is 0 Å². The lowest BCUT2D eigenvalue weighted by molar-refractivity contribution is 0.561. The van der Waals surface area contributed by atoms with Gasteiger partial charge >= 0.3 is 0 Å². The fourth-order valence-corrected chi connectivity index (χ4v) is 2.52. The monoisotopic (exact) mass is 335 g/mol. The molecule has 0 radical (unpaired) electrons. The standard InChI is InChI=1S/C12H15BrClNOS/c1-8(15-17(16)12(2,3)4)10-6-5-9(13)7-11(10)14/h5-7H,1-4H3/b15-8+/t17-/m0/s1. The lowest BCUT2D eigenvalue weighted by atomic mass is 10.1. The molecule has 0 saturated carbocycles. The normalized spacial score (nSPS) is 14.9.